The smallest absolute Gasteiger partial charge is 0.336 e. The number of carboxylic acids is 1. The molecular formula is C14H10Cl2O3S. The number of halogens is 2. The van der Waals surface area contributed by atoms with Gasteiger partial charge < -0.3 is 9.84 Å². The van der Waals surface area contributed by atoms with Crippen LogP contribution in [0.3, 0.4) is 0 Å². The van der Waals surface area contributed by atoms with Crippen LogP contribution in [-0.2, 0) is 0 Å². The molecule has 0 saturated carbocycles. The summed E-state index contributed by atoms with van der Waals surface area (Å²) in [6.45, 7) is 0. The molecule has 0 aliphatic carbocycles. The van der Waals surface area contributed by atoms with E-state index >= 15 is 0 Å². The number of carbonyl (C=O) groups is 1. The molecule has 0 spiro atoms. The predicted molar refractivity (Wildman–Crippen MR) is 80.5 cm³/mol. The van der Waals surface area contributed by atoms with E-state index in [1.807, 2.05) is 0 Å². The van der Waals surface area contributed by atoms with Crippen LogP contribution in [0.2, 0.25) is 10.0 Å². The fraction of sp³-hybridized carbons (Fsp3) is 0.0714. The summed E-state index contributed by atoms with van der Waals surface area (Å²) >= 11 is 13.1. The van der Waals surface area contributed by atoms with Gasteiger partial charge in [0.05, 0.1) is 22.7 Å². The first-order valence-corrected chi connectivity index (χ1v) is 7.12. The average molecular weight is 329 g/mol. The van der Waals surface area contributed by atoms with Gasteiger partial charge in [0.1, 0.15) is 5.75 Å². The van der Waals surface area contributed by atoms with E-state index in [4.69, 9.17) is 27.9 Å². The first-order valence-electron chi connectivity index (χ1n) is 5.55. The van der Waals surface area contributed by atoms with Crippen molar-refractivity contribution in [1.82, 2.24) is 0 Å². The number of hydrogen-bond acceptors (Lipinski definition) is 3. The van der Waals surface area contributed by atoms with E-state index in [-0.39, 0.29) is 5.56 Å². The largest absolute Gasteiger partial charge is 0.497 e. The normalized spacial score (nSPS) is 10.3. The van der Waals surface area contributed by atoms with Crippen LogP contribution in [0.4, 0.5) is 0 Å². The third kappa shape index (κ3) is 3.39. The molecule has 0 heterocycles. The molecule has 0 amide bonds. The van der Waals surface area contributed by atoms with Crippen LogP contribution in [0, 0.1) is 0 Å². The number of carboxylic acid groups (broad SMARTS) is 1. The second-order valence-electron chi connectivity index (χ2n) is 3.85. The summed E-state index contributed by atoms with van der Waals surface area (Å²) in [5, 5.41) is 10.1. The number of aromatic carboxylic acids is 1. The van der Waals surface area contributed by atoms with Gasteiger partial charge in [0.25, 0.3) is 0 Å². The van der Waals surface area contributed by atoms with Gasteiger partial charge in [-0.3, -0.25) is 0 Å². The van der Waals surface area contributed by atoms with E-state index in [1.165, 1.54) is 24.9 Å². The summed E-state index contributed by atoms with van der Waals surface area (Å²) in [6, 6.07) is 9.95. The molecule has 0 radical (unpaired) electrons. The molecule has 0 bridgehead atoms. The zero-order chi connectivity index (χ0) is 14.7. The topological polar surface area (TPSA) is 46.5 Å². The summed E-state index contributed by atoms with van der Waals surface area (Å²) in [5.41, 5.74) is 0.210. The Kier molecular flexibility index (Phi) is 4.81. The van der Waals surface area contributed by atoms with Crippen LogP contribution in [0.1, 0.15) is 10.4 Å². The first-order chi connectivity index (χ1) is 9.51. The van der Waals surface area contributed by atoms with Gasteiger partial charge >= 0.3 is 5.97 Å². The Hall–Kier alpha value is -1.36. The highest BCUT2D eigenvalue weighted by atomic mass is 35.5. The maximum absolute atomic E-state index is 11.2. The molecule has 0 aromatic heterocycles. The highest BCUT2D eigenvalue weighted by Crippen LogP contribution is 2.36. The molecule has 104 valence electrons. The zero-order valence-corrected chi connectivity index (χ0v) is 12.7. The molecule has 2 aromatic carbocycles. The number of hydrogen-bond donors (Lipinski definition) is 1. The van der Waals surface area contributed by atoms with E-state index < -0.39 is 5.97 Å². The van der Waals surface area contributed by atoms with E-state index in [2.05, 4.69) is 0 Å². The van der Waals surface area contributed by atoms with E-state index in [1.54, 1.807) is 30.3 Å². The minimum absolute atomic E-state index is 0.210. The van der Waals surface area contributed by atoms with E-state index in [9.17, 15) is 9.90 Å². The Morgan fingerprint density at radius 1 is 1.15 bits per heavy atom. The van der Waals surface area contributed by atoms with Gasteiger partial charge in [-0.25, -0.2) is 4.79 Å². The number of benzene rings is 2. The molecule has 0 aliphatic rings. The van der Waals surface area contributed by atoms with Gasteiger partial charge in [-0.05, 0) is 36.4 Å². The lowest BCUT2D eigenvalue weighted by Gasteiger charge is -2.09. The molecule has 0 atom stereocenters. The number of ether oxygens (including phenoxy) is 1. The lowest BCUT2D eigenvalue weighted by molar-refractivity contribution is 0.0693. The molecule has 6 heteroatoms. The molecule has 0 fully saturated rings. The molecule has 0 saturated heterocycles. The highest BCUT2D eigenvalue weighted by molar-refractivity contribution is 7.99. The fourth-order valence-corrected chi connectivity index (χ4v) is 2.93. The minimum Gasteiger partial charge on any atom is -0.497 e. The Balaban J connectivity index is 2.40. The second kappa shape index (κ2) is 6.39. The van der Waals surface area contributed by atoms with E-state index in [0.29, 0.717) is 20.7 Å². The Morgan fingerprint density at radius 2 is 1.90 bits per heavy atom. The zero-order valence-electron chi connectivity index (χ0n) is 10.4. The van der Waals surface area contributed by atoms with Gasteiger partial charge in [-0.1, -0.05) is 35.0 Å². The van der Waals surface area contributed by atoms with Gasteiger partial charge in [0, 0.05) is 9.79 Å². The van der Waals surface area contributed by atoms with E-state index in [0.717, 1.165) is 4.90 Å². The third-order valence-corrected chi connectivity index (χ3v) is 4.32. The minimum atomic E-state index is -0.991. The van der Waals surface area contributed by atoms with Crippen LogP contribution in [0.5, 0.6) is 5.75 Å². The predicted octanol–water partition coefficient (Wildman–Crippen LogP) is 4.85. The lowest BCUT2D eigenvalue weighted by atomic mass is 10.2. The van der Waals surface area contributed by atoms with Crippen molar-refractivity contribution in [3.05, 3.63) is 52.0 Å². The van der Waals surface area contributed by atoms with Crippen molar-refractivity contribution < 1.29 is 14.6 Å². The number of methoxy groups -OCH3 is 1. The highest BCUT2D eigenvalue weighted by Gasteiger charge is 2.13. The van der Waals surface area contributed by atoms with Gasteiger partial charge in [0.2, 0.25) is 0 Å². The summed E-state index contributed by atoms with van der Waals surface area (Å²) in [6.07, 6.45) is 0. The summed E-state index contributed by atoms with van der Waals surface area (Å²) < 4.78 is 5.12. The standard InChI is InChI=1S/C14H10Cl2O3S/c1-19-8-2-4-10(14(17)18)13(6-8)20-9-3-5-11(15)12(16)7-9/h2-7H,1H3,(H,17,18). The van der Waals surface area contributed by atoms with Crippen molar-refractivity contribution in [2.24, 2.45) is 0 Å². The van der Waals surface area contributed by atoms with Gasteiger partial charge in [-0.15, -0.1) is 0 Å². The lowest BCUT2D eigenvalue weighted by Crippen LogP contribution is -1.99. The molecule has 3 nitrogen and oxygen atoms in total. The summed E-state index contributed by atoms with van der Waals surface area (Å²) in [7, 11) is 1.53. The molecule has 0 aliphatic heterocycles. The second-order valence-corrected chi connectivity index (χ2v) is 5.77. The quantitative estimate of drug-likeness (QED) is 0.871. The summed E-state index contributed by atoms with van der Waals surface area (Å²) in [4.78, 5) is 12.6. The maximum atomic E-state index is 11.2. The fourth-order valence-electron chi connectivity index (χ4n) is 1.56. The van der Waals surface area contributed by atoms with Crippen LogP contribution in [0.25, 0.3) is 0 Å². The molecule has 2 rings (SSSR count). The van der Waals surface area contributed by atoms with Crippen LogP contribution >= 0.6 is 35.0 Å². The van der Waals surface area contributed by atoms with Crippen molar-refractivity contribution in [1.29, 1.82) is 0 Å². The van der Waals surface area contributed by atoms with Gasteiger partial charge in [0.15, 0.2) is 0 Å². The average Bonchev–Trinajstić information content (AvgIpc) is 2.42. The van der Waals surface area contributed by atoms with Crippen molar-refractivity contribution in [2.45, 2.75) is 9.79 Å². The Bertz CT molecular complexity index is 659. The monoisotopic (exact) mass is 328 g/mol. The van der Waals surface area contributed by atoms with Crippen molar-refractivity contribution in [3.63, 3.8) is 0 Å². The van der Waals surface area contributed by atoms with Crippen LogP contribution < -0.4 is 4.74 Å². The Morgan fingerprint density at radius 3 is 2.50 bits per heavy atom. The first kappa shape index (κ1) is 15.0. The van der Waals surface area contributed by atoms with Gasteiger partial charge in [-0.2, -0.15) is 0 Å². The van der Waals surface area contributed by atoms with Crippen LogP contribution in [0.15, 0.2) is 46.2 Å². The molecule has 20 heavy (non-hydrogen) atoms. The van der Waals surface area contributed by atoms with Crippen LogP contribution in [-0.4, -0.2) is 18.2 Å². The third-order valence-electron chi connectivity index (χ3n) is 2.54. The summed E-state index contributed by atoms with van der Waals surface area (Å²) in [5.74, 6) is -0.396. The maximum Gasteiger partial charge on any atom is 0.336 e. The van der Waals surface area contributed by atoms with Crippen molar-refractivity contribution >= 4 is 40.9 Å². The number of rotatable bonds is 4. The molecule has 0 unspecified atom stereocenters. The SMILES string of the molecule is COc1ccc(C(=O)O)c(Sc2ccc(Cl)c(Cl)c2)c1. The molecule has 1 N–H and O–H groups in total. The van der Waals surface area contributed by atoms with Crippen molar-refractivity contribution in [2.75, 3.05) is 7.11 Å². The Labute approximate surface area is 130 Å². The molecular weight excluding hydrogens is 319 g/mol. The van der Waals surface area contributed by atoms with Crippen molar-refractivity contribution in [3.8, 4) is 5.75 Å². The molecule has 2 aromatic rings.